The first-order valence-electron chi connectivity index (χ1n) is 16.2. The van der Waals surface area contributed by atoms with Gasteiger partial charge in [0.2, 0.25) is 7.44 Å². The van der Waals surface area contributed by atoms with Gasteiger partial charge >= 0.3 is 0 Å². The molecule has 1 saturated heterocycles. The molecule has 6 atom stereocenters. The number of hydrogen-bond acceptors (Lipinski definition) is 3. The van der Waals surface area contributed by atoms with Crippen molar-refractivity contribution in [2.75, 3.05) is 14.1 Å². The predicted octanol–water partition coefficient (Wildman–Crippen LogP) is 6.83. The number of likely N-dealkylation sites (N-methyl/N-ethyl adjacent to an activating group) is 2. The van der Waals surface area contributed by atoms with Crippen LogP contribution in [0.1, 0.15) is 72.1 Å². The molecule has 4 fully saturated rings. The van der Waals surface area contributed by atoms with E-state index in [4.69, 9.17) is 4.43 Å². The Bertz CT molecular complexity index is 1280. The van der Waals surface area contributed by atoms with Crippen LogP contribution in [-0.2, 0) is 13.8 Å². The molecule has 2 aromatic rings. The minimum atomic E-state index is -2.76. The Hall–Kier alpha value is -1.82. The van der Waals surface area contributed by atoms with Crippen LogP contribution >= 0.6 is 7.44 Å². The summed E-state index contributed by atoms with van der Waals surface area (Å²) in [4.78, 5) is 13.6. The summed E-state index contributed by atoms with van der Waals surface area (Å²) < 4.78 is 26.3. The zero-order valence-electron chi connectivity index (χ0n) is 26.1. The van der Waals surface area contributed by atoms with Crippen LogP contribution < -0.4 is 10.4 Å². The summed E-state index contributed by atoms with van der Waals surface area (Å²) in [6, 6.07) is 22.3. The maximum Gasteiger partial charge on any atom is 0.261 e. The van der Waals surface area contributed by atoms with E-state index < -0.39 is 15.8 Å². The maximum absolute atomic E-state index is 14.4. The second-order valence-electron chi connectivity index (χ2n) is 14.3. The van der Waals surface area contributed by atoms with Gasteiger partial charge in [-0.2, -0.15) is 0 Å². The van der Waals surface area contributed by atoms with E-state index in [0.29, 0.717) is 24.3 Å². The lowest BCUT2D eigenvalue weighted by Gasteiger charge is -2.48. The van der Waals surface area contributed by atoms with Crippen molar-refractivity contribution in [2.24, 2.45) is 17.8 Å². The molecule has 4 aliphatic rings. The highest BCUT2D eigenvalue weighted by Gasteiger charge is 2.56. The average Bonchev–Trinajstić information content (AvgIpc) is 3.48. The molecule has 1 heterocycles. The highest BCUT2D eigenvalue weighted by molar-refractivity contribution is 7.62. The zero-order chi connectivity index (χ0) is 29.7. The van der Waals surface area contributed by atoms with Crippen molar-refractivity contribution in [2.45, 2.75) is 95.4 Å². The van der Waals surface area contributed by atoms with E-state index in [1.54, 1.807) is 0 Å². The largest absolute Gasteiger partial charge is 0.404 e. The Balaban J connectivity index is 1.31. The summed E-state index contributed by atoms with van der Waals surface area (Å²) in [5.74, 6) is 2.82. The average molecular weight is 605 g/mol. The molecule has 0 unspecified atom stereocenters. The van der Waals surface area contributed by atoms with Crippen LogP contribution in [0.15, 0.2) is 72.6 Å². The van der Waals surface area contributed by atoms with Crippen molar-refractivity contribution in [3.05, 3.63) is 72.6 Å². The van der Waals surface area contributed by atoms with Gasteiger partial charge < -0.3 is 4.43 Å². The van der Waals surface area contributed by atoms with Gasteiger partial charge in [-0.25, -0.2) is 9.34 Å². The number of nitrogens with zero attached hydrogens (tertiary/aromatic N) is 2. The highest BCUT2D eigenvalue weighted by atomic mass is 31.2. The number of Topliss-reactive ketones (excluding diaryl/α,β-unsaturated/α-hetero) is 1. The number of fused-ring (bicyclic) bond motifs is 2. The Labute approximate surface area is 254 Å². The normalized spacial score (nSPS) is 32.3. The van der Waals surface area contributed by atoms with Gasteiger partial charge in [0.05, 0.1) is 6.10 Å². The van der Waals surface area contributed by atoms with Gasteiger partial charge in [0.15, 0.2) is 0 Å². The smallest absolute Gasteiger partial charge is 0.261 e. The van der Waals surface area contributed by atoms with Crippen molar-refractivity contribution in [3.63, 3.8) is 0 Å². The fraction of sp³-hybridized carbons (Fsp3) is 0.571. The van der Waals surface area contributed by atoms with Gasteiger partial charge in [-0.05, 0) is 73.4 Å². The summed E-state index contributed by atoms with van der Waals surface area (Å²) >= 11 is 0. The van der Waals surface area contributed by atoms with Crippen molar-refractivity contribution < 1.29 is 13.8 Å². The molecule has 0 radical (unpaired) electrons. The lowest BCUT2D eigenvalue weighted by atomic mass is 9.72. The van der Waals surface area contributed by atoms with Crippen LogP contribution in [-0.4, -0.2) is 55.7 Å². The van der Waals surface area contributed by atoms with Crippen LogP contribution in [0.2, 0.25) is 5.04 Å². The first-order chi connectivity index (χ1) is 20.1. The summed E-state index contributed by atoms with van der Waals surface area (Å²) in [5, 5.41) is 2.40. The standard InChI is InChI=1S/C35H49N2O3PSi/c1-35(2,3)42(27-14-8-6-9-15-27,28-16-10-7-11-17-28)40-33-23-20-26(29-21-22-32(38)34(29)33)24-25-41(39)36(4)30-18-12-13-19-31(30)37(41)5/h6-11,14-17,24-26,29-31,33-34H,12-13,18-23H2,1-5H3/b25-24+/t26-,29-,30+,31+,33+,34+/m0/s1. The van der Waals surface area contributed by atoms with Crippen molar-refractivity contribution in [3.8, 4) is 0 Å². The van der Waals surface area contributed by atoms with Gasteiger partial charge in [0, 0.05) is 30.2 Å². The quantitative estimate of drug-likeness (QED) is 0.267. The number of rotatable bonds is 6. The van der Waals surface area contributed by atoms with Crippen molar-refractivity contribution >= 4 is 31.9 Å². The second kappa shape index (κ2) is 11.6. The zero-order valence-corrected chi connectivity index (χ0v) is 28.0. The SMILES string of the molecule is CN1[C@@H]2CCCC[C@H]2N(C)P1(=O)/C=C/[C@@H]1CC[C@@H](O[Si](c2ccccc2)(c2ccccc2)C(C)(C)C)[C@H]2C(=O)CC[C@H]21. The van der Waals surface area contributed by atoms with Crippen LogP contribution in [0, 0.1) is 17.8 Å². The number of allylic oxidation sites excluding steroid dienone is 1. The van der Waals surface area contributed by atoms with E-state index in [9.17, 15) is 9.36 Å². The van der Waals surface area contributed by atoms with E-state index in [2.05, 4.69) is 117 Å². The first-order valence-corrected chi connectivity index (χ1v) is 19.7. The van der Waals surface area contributed by atoms with E-state index in [-0.39, 0.29) is 28.9 Å². The second-order valence-corrected chi connectivity index (χ2v) is 21.2. The molecule has 3 saturated carbocycles. The van der Waals surface area contributed by atoms with Gasteiger partial charge in [-0.3, -0.25) is 9.36 Å². The van der Waals surface area contributed by atoms with Crippen LogP contribution in [0.5, 0.6) is 0 Å². The Morgan fingerprint density at radius 2 is 1.38 bits per heavy atom. The molecule has 0 spiro atoms. The fourth-order valence-corrected chi connectivity index (χ4v) is 16.4. The molecule has 226 valence electrons. The number of carbonyl (C=O) groups is 1. The van der Waals surface area contributed by atoms with E-state index >= 15 is 0 Å². The number of carbonyl (C=O) groups excluding carboxylic acids is 1. The number of benzene rings is 2. The molecular formula is C35H49N2O3PSi. The van der Waals surface area contributed by atoms with Crippen molar-refractivity contribution in [1.82, 2.24) is 9.34 Å². The third-order valence-corrected chi connectivity index (χ3v) is 19.1. The molecule has 0 bridgehead atoms. The fourth-order valence-electron chi connectivity index (χ4n) is 8.94. The summed E-state index contributed by atoms with van der Waals surface area (Å²) in [6.07, 6.45) is 10.2. The maximum atomic E-state index is 14.4. The first kappa shape index (κ1) is 30.2. The van der Waals surface area contributed by atoms with Crippen LogP contribution in [0.4, 0.5) is 0 Å². The van der Waals surface area contributed by atoms with E-state index in [0.717, 1.165) is 32.1 Å². The molecule has 0 N–H and O–H groups in total. The molecule has 5 nitrogen and oxygen atoms in total. The van der Waals surface area contributed by atoms with Gasteiger partial charge in [-0.1, -0.05) is 100 Å². The monoisotopic (exact) mass is 604 g/mol. The van der Waals surface area contributed by atoms with Crippen LogP contribution in [0.3, 0.4) is 0 Å². The summed E-state index contributed by atoms with van der Waals surface area (Å²) in [5.41, 5.74) is 0. The van der Waals surface area contributed by atoms with Gasteiger partial charge in [0.25, 0.3) is 8.32 Å². The third-order valence-electron chi connectivity index (χ3n) is 11.1. The van der Waals surface area contributed by atoms with Crippen molar-refractivity contribution in [1.29, 1.82) is 0 Å². The third kappa shape index (κ3) is 4.96. The minimum absolute atomic E-state index is 0.0994. The molecule has 3 aliphatic carbocycles. The van der Waals surface area contributed by atoms with Gasteiger partial charge in [0.1, 0.15) is 5.78 Å². The predicted molar refractivity (Wildman–Crippen MR) is 175 cm³/mol. The Morgan fingerprint density at radius 1 is 0.833 bits per heavy atom. The number of ketones is 1. The number of hydrogen-bond donors (Lipinski definition) is 0. The topological polar surface area (TPSA) is 49.9 Å². The molecular weight excluding hydrogens is 555 g/mol. The lowest BCUT2D eigenvalue weighted by Crippen LogP contribution is -2.68. The molecule has 7 heteroatoms. The molecule has 42 heavy (non-hydrogen) atoms. The minimum Gasteiger partial charge on any atom is -0.404 e. The molecule has 0 amide bonds. The summed E-state index contributed by atoms with van der Waals surface area (Å²) in [7, 11) is -1.39. The van der Waals surface area contributed by atoms with E-state index in [1.165, 1.54) is 23.2 Å². The van der Waals surface area contributed by atoms with E-state index in [1.807, 2.05) is 0 Å². The molecule has 1 aliphatic heterocycles. The van der Waals surface area contributed by atoms with Crippen LogP contribution in [0.25, 0.3) is 0 Å². The molecule has 6 rings (SSSR count). The Morgan fingerprint density at radius 3 is 1.90 bits per heavy atom. The summed E-state index contributed by atoms with van der Waals surface area (Å²) in [6.45, 7) is 6.93. The lowest BCUT2D eigenvalue weighted by molar-refractivity contribution is -0.126. The molecule has 2 aromatic carbocycles. The van der Waals surface area contributed by atoms with Gasteiger partial charge in [-0.15, -0.1) is 0 Å². The highest BCUT2D eigenvalue weighted by Crippen LogP contribution is 2.63. The Kier molecular flexibility index (Phi) is 8.34. The molecule has 0 aromatic heterocycles.